The molecule has 6 heteroatoms. The summed E-state index contributed by atoms with van der Waals surface area (Å²) in [5, 5.41) is 2.86. The van der Waals surface area contributed by atoms with Gasteiger partial charge in [-0.25, -0.2) is 4.98 Å². The molecule has 148 valence electrons. The van der Waals surface area contributed by atoms with Gasteiger partial charge >= 0.3 is 0 Å². The normalized spacial score (nSPS) is 12.6. The number of benzene rings is 1. The zero-order valence-corrected chi connectivity index (χ0v) is 17.2. The van der Waals surface area contributed by atoms with E-state index in [4.69, 9.17) is 4.42 Å². The second-order valence-corrected chi connectivity index (χ2v) is 7.27. The second kappa shape index (κ2) is 10.2. The first-order valence-electron chi connectivity index (χ1n) is 9.56. The fourth-order valence-electron chi connectivity index (χ4n) is 2.78. The van der Waals surface area contributed by atoms with Crippen LogP contribution in [-0.2, 0) is 13.1 Å². The average Bonchev–Trinajstić information content (AvgIpc) is 3.10. The fraction of sp³-hybridized carbons (Fsp3) is 0.524. The molecule has 0 aliphatic heterocycles. The van der Waals surface area contributed by atoms with Crippen LogP contribution in [0.5, 0.6) is 0 Å². The summed E-state index contributed by atoms with van der Waals surface area (Å²) >= 11 is 0. The van der Waals surface area contributed by atoms with Crippen LogP contribution in [0.1, 0.15) is 47.8 Å². The number of aryl methyl sites for hydroxylation is 1. The summed E-state index contributed by atoms with van der Waals surface area (Å²) in [7, 11) is 3.94. The molecule has 2 rings (SSSR count). The van der Waals surface area contributed by atoms with Gasteiger partial charge in [0, 0.05) is 25.7 Å². The Bertz CT molecular complexity index is 726. The maximum Gasteiger partial charge on any atom is 0.273 e. The van der Waals surface area contributed by atoms with Crippen LogP contribution in [0.25, 0.3) is 0 Å². The van der Waals surface area contributed by atoms with Gasteiger partial charge in [-0.2, -0.15) is 0 Å². The minimum atomic E-state index is -0.194. The van der Waals surface area contributed by atoms with Gasteiger partial charge in [-0.15, -0.1) is 0 Å². The molecule has 1 aromatic carbocycles. The number of carbonyl (C=O) groups excluding carboxylic acids is 1. The first kappa shape index (κ1) is 21.1. The minimum absolute atomic E-state index is 0.194. The molecule has 1 heterocycles. The van der Waals surface area contributed by atoms with E-state index in [1.54, 1.807) is 0 Å². The zero-order chi connectivity index (χ0) is 19.8. The lowest BCUT2D eigenvalue weighted by Crippen LogP contribution is -2.32. The van der Waals surface area contributed by atoms with Gasteiger partial charge in [0.1, 0.15) is 6.26 Å². The summed E-state index contributed by atoms with van der Waals surface area (Å²) < 4.78 is 5.58. The van der Waals surface area contributed by atoms with Crippen LogP contribution in [-0.4, -0.2) is 53.9 Å². The molecule has 0 bridgehead atoms. The number of carbonyl (C=O) groups is 1. The number of rotatable bonds is 10. The van der Waals surface area contributed by atoms with E-state index in [1.165, 1.54) is 17.4 Å². The Morgan fingerprint density at radius 2 is 2.00 bits per heavy atom. The van der Waals surface area contributed by atoms with Crippen LogP contribution in [0, 0.1) is 6.92 Å². The van der Waals surface area contributed by atoms with Crippen molar-refractivity contribution < 1.29 is 9.21 Å². The largest absolute Gasteiger partial charge is 0.447 e. The summed E-state index contributed by atoms with van der Waals surface area (Å²) in [4.78, 5) is 20.9. The van der Waals surface area contributed by atoms with Crippen molar-refractivity contribution in [1.82, 2.24) is 20.1 Å². The van der Waals surface area contributed by atoms with Crippen molar-refractivity contribution in [1.29, 1.82) is 0 Å². The van der Waals surface area contributed by atoms with Gasteiger partial charge in [0.15, 0.2) is 5.69 Å². The van der Waals surface area contributed by atoms with Crippen molar-refractivity contribution in [3.8, 4) is 0 Å². The van der Waals surface area contributed by atoms with Crippen molar-refractivity contribution in [2.75, 3.05) is 27.2 Å². The van der Waals surface area contributed by atoms with Crippen LogP contribution in [0.15, 0.2) is 34.9 Å². The van der Waals surface area contributed by atoms with E-state index < -0.39 is 0 Å². The quantitative estimate of drug-likeness (QED) is 0.694. The fourth-order valence-corrected chi connectivity index (χ4v) is 2.78. The molecular formula is C21H32N4O2. The van der Waals surface area contributed by atoms with E-state index >= 15 is 0 Å². The molecule has 0 saturated heterocycles. The Balaban J connectivity index is 2.02. The van der Waals surface area contributed by atoms with Crippen LogP contribution >= 0.6 is 0 Å². The Morgan fingerprint density at radius 1 is 1.26 bits per heavy atom. The van der Waals surface area contributed by atoms with E-state index in [0.29, 0.717) is 30.7 Å². The highest BCUT2D eigenvalue weighted by atomic mass is 16.3. The Morgan fingerprint density at radius 3 is 2.67 bits per heavy atom. The Hall–Kier alpha value is -2.18. The van der Waals surface area contributed by atoms with Crippen molar-refractivity contribution in [3.05, 3.63) is 53.2 Å². The van der Waals surface area contributed by atoms with Gasteiger partial charge in [0.05, 0.1) is 6.54 Å². The molecule has 0 aliphatic rings. The van der Waals surface area contributed by atoms with Crippen molar-refractivity contribution in [2.45, 2.75) is 46.3 Å². The predicted octanol–water partition coefficient (Wildman–Crippen LogP) is 3.08. The lowest BCUT2D eigenvalue weighted by molar-refractivity contribution is 0.0946. The smallest absolute Gasteiger partial charge is 0.273 e. The third-order valence-corrected chi connectivity index (χ3v) is 4.82. The molecule has 6 nitrogen and oxygen atoms in total. The van der Waals surface area contributed by atoms with Gasteiger partial charge in [-0.1, -0.05) is 31.2 Å². The summed E-state index contributed by atoms with van der Waals surface area (Å²) in [5.41, 5.74) is 2.91. The Kier molecular flexibility index (Phi) is 8.00. The minimum Gasteiger partial charge on any atom is -0.447 e. The topological polar surface area (TPSA) is 61.6 Å². The molecule has 0 fully saturated rings. The summed E-state index contributed by atoms with van der Waals surface area (Å²) in [5.74, 6) is 0.377. The maximum absolute atomic E-state index is 12.2. The van der Waals surface area contributed by atoms with E-state index in [-0.39, 0.29) is 5.91 Å². The number of likely N-dealkylation sites (N-methyl/N-ethyl adjacent to an activating group) is 1. The van der Waals surface area contributed by atoms with Gasteiger partial charge in [0.2, 0.25) is 5.89 Å². The van der Waals surface area contributed by atoms with Crippen LogP contribution in [0.2, 0.25) is 0 Å². The highest BCUT2D eigenvalue weighted by molar-refractivity contribution is 5.91. The molecular weight excluding hydrogens is 340 g/mol. The first-order valence-corrected chi connectivity index (χ1v) is 9.56. The van der Waals surface area contributed by atoms with Crippen molar-refractivity contribution >= 4 is 5.91 Å². The number of hydrogen-bond acceptors (Lipinski definition) is 5. The van der Waals surface area contributed by atoms with Crippen LogP contribution in [0.4, 0.5) is 0 Å². The lowest BCUT2D eigenvalue weighted by atomic mass is 10.1. The van der Waals surface area contributed by atoms with Gasteiger partial charge < -0.3 is 14.6 Å². The molecule has 0 radical (unpaired) electrons. The summed E-state index contributed by atoms with van der Waals surface area (Å²) in [6.45, 7) is 9.29. The van der Waals surface area contributed by atoms with Crippen molar-refractivity contribution in [2.24, 2.45) is 0 Å². The monoisotopic (exact) mass is 372 g/mol. The predicted molar refractivity (Wildman–Crippen MR) is 108 cm³/mol. The Labute approximate surface area is 162 Å². The zero-order valence-electron chi connectivity index (χ0n) is 17.2. The SMILES string of the molecule is CCC(C)N(Cc1nc(C(=O)NCCN(C)C)co1)Cc1ccccc1C. The molecule has 27 heavy (non-hydrogen) atoms. The highest BCUT2D eigenvalue weighted by Gasteiger charge is 2.18. The molecule has 1 N–H and O–H groups in total. The van der Waals surface area contributed by atoms with E-state index in [1.807, 2.05) is 19.0 Å². The number of oxazole rings is 1. The molecule has 1 amide bonds. The summed E-state index contributed by atoms with van der Waals surface area (Å²) in [6, 6.07) is 8.80. The maximum atomic E-state index is 12.2. The van der Waals surface area contributed by atoms with Crippen LogP contribution in [0.3, 0.4) is 0 Å². The standard InChI is InChI=1S/C21H32N4O2/c1-6-17(3)25(13-18-10-8-7-9-16(18)2)14-20-23-19(15-27-20)21(26)22-11-12-24(4)5/h7-10,15,17H,6,11-14H2,1-5H3,(H,22,26). The van der Waals surface area contributed by atoms with E-state index in [2.05, 4.69) is 60.2 Å². The molecule has 1 unspecified atom stereocenters. The molecule has 0 spiro atoms. The number of nitrogens with one attached hydrogen (secondary N) is 1. The van der Waals surface area contributed by atoms with Crippen LogP contribution < -0.4 is 5.32 Å². The number of hydrogen-bond donors (Lipinski definition) is 1. The van der Waals surface area contributed by atoms with Gasteiger partial charge in [-0.05, 0) is 45.5 Å². The molecule has 0 aliphatic carbocycles. The molecule has 1 atom stereocenters. The summed E-state index contributed by atoms with van der Waals surface area (Å²) in [6.07, 6.45) is 2.48. The number of aromatic nitrogens is 1. The third-order valence-electron chi connectivity index (χ3n) is 4.82. The molecule has 0 saturated carbocycles. The molecule has 1 aromatic heterocycles. The number of amides is 1. The van der Waals surface area contributed by atoms with E-state index in [0.717, 1.165) is 19.5 Å². The second-order valence-electron chi connectivity index (χ2n) is 7.27. The molecule has 2 aromatic rings. The highest BCUT2D eigenvalue weighted by Crippen LogP contribution is 2.17. The average molecular weight is 373 g/mol. The van der Waals surface area contributed by atoms with E-state index in [9.17, 15) is 4.79 Å². The van der Waals surface area contributed by atoms with Gasteiger partial charge in [0.25, 0.3) is 5.91 Å². The third kappa shape index (κ3) is 6.48. The van der Waals surface area contributed by atoms with Crippen molar-refractivity contribution in [3.63, 3.8) is 0 Å². The lowest BCUT2D eigenvalue weighted by Gasteiger charge is -2.27. The van der Waals surface area contributed by atoms with Gasteiger partial charge in [-0.3, -0.25) is 9.69 Å². The number of nitrogens with zero attached hydrogens (tertiary/aromatic N) is 3. The first-order chi connectivity index (χ1) is 12.9.